The lowest BCUT2D eigenvalue weighted by Gasteiger charge is -2.47. The van der Waals surface area contributed by atoms with E-state index in [4.69, 9.17) is 9.47 Å². The second-order valence-electron chi connectivity index (χ2n) is 6.36. The molecular weight excluding hydrogens is 294 g/mol. The third kappa shape index (κ3) is 2.52. The van der Waals surface area contributed by atoms with Crippen molar-refractivity contribution in [3.05, 3.63) is 30.6 Å². The molecule has 4 rings (SSSR count). The van der Waals surface area contributed by atoms with Crippen molar-refractivity contribution in [2.24, 2.45) is 11.8 Å². The molecule has 2 heterocycles. The SMILES string of the molecule is COC[C@H]1[C@@H](NC(=O)Cn2cnc3ccccc32)[C@H]2CCO[C@H]21. The first kappa shape index (κ1) is 14.7. The van der Waals surface area contributed by atoms with Crippen molar-refractivity contribution in [2.45, 2.75) is 25.1 Å². The summed E-state index contributed by atoms with van der Waals surface area (Å²) >= 11 is 0. The van der Waals surface area contributed by atoms with Gasteiger partial charge >= 0.3 is 0 Å². The van der Waals surface area contributed by atoms with Crippen LogP contribution in [0.2, 0.25) is 0 Å². The van der Waals surface area contributed by atoms with Crippen LogP contribution in [-0.4, -0.2) is 47.9 Å². The molecule has 6 nitrogen and oxygen atoms in total. The number of nitrogens with one attached hydrogen (secondary N) is 1. The van der Waals surface area contributed by atoms with E-state index in [2.05, 4.69) is 10.3 Å². The fourth-order valence-corrected chi connectivity index (χ4v) is 3.96. The molecule has 1 aliphatic carbocycles. The summed E-state index contributed by atoms with van der Waals surface area (Å²) in [5, 5.41) is 3.18. The zero-order chi connectivity index (χ0) is 15.8. The number of carbonyl (C=O) groups excluding carboxylic acids is 1. The van der Waals surface area contributed by atoms with Crippen LogP contribution in [-0.2, 0) is 20.8 Å². The Kier molecular flexibility index (Phi) is 3.79. The minimum atomic E-state index is 0.0182. The maximum Gasteiger partial charge on any atom is 0.240 e. The van der Waals surface area contributed by atoms with Crippen molar-refractivity contribution >= 4 is 16.9 Å². The molecule has 23 heavy (non-hydrogen) atoms. The molecule has 1 aliphatic heterocycles. The first-order valence-electron chi connectivity index (χ1n) is 8.07. The van der Waals surface area contributed by atoms with E-state index in [0.717, 1.165) is 24.1 Å². The Hall–Kier alpha value is -1.92. The number of ether oxygens (including phenoxy) is 2. The molecule has 0 spiro atoms. The van der Waals surface area contributed by atoms with Gasteiger partial charge in [0.15, 0.2) is 0 Å². The van der Waals surface area contributed by atoms with E-state index in [9.17, 15) is 4.79 Å². The van der Waals surface area contributed by atoms with Gasteiger partial charge in [-0.05, 0) is 18.6 Å². The molecule has 2 aromatic rings. The molecule has 0 unspecified atom stereocenters. The summed E-state index contributed by atoms with van der Waals surface area (Å²) in [7, 11) is 1.69. The van der Waals surface area contributed by atoms with E-state index < -0.39 is 0 Å². The van der Waals surface area contributed by atoms with Crippen molar-refractivity contribution in [1.82, 2.24) is 14.9 Å². The van der Waals surface area contributed by atoms with Crippen LogP contribution in [0.5, 0.6) is 0 Å². The second-order valence-corrected chi connectivity index (χ2v) is 6.36. The Morgan fingerprint density at radius 3 is 3.22 bits per heavy atom. The van der Waals surface area contributed by atoms with Gasteiger partial charge < -0.3 is 19.4 Å². The molecule has 1 saturated carbocycles. The quantitative estimate of drug-likeness (QED) is 0.900. The van der Waals surface area contributed by atoms with Gasteiger partial charge in [-0.2, -0.15) is 0 Å². The van der Waals surface area contributed by atoms with E-state index in [0.29, 0.717) is 12.5 Å². The molecule has 0 bridgehead atoms. The largest absolute Gasteiger partial charge is 0.384 e. The van der Waals surface area contributed by atoms with Gasteiger partial charge in [0.1, 0.15) is 6.54 Å². The molecule has 0 radical (unpaired) electrons. The zero-order valence-corrected chi connectivity index (χ0v) is 13.1. The van der Waals surface area contributed by atoms with Gasteiger partial charge in [-0.15, -0.1) is 0 Å². The van der Waals surface area contributed by atoms with Crippen LogP contribution in [0, 0.1) is 11.8 Å². The summed E-state index contributed by atoms with van der Waals surface area (Å²) in [6.45, 7) is 1.70. The molecular formula is C17H21N3O3. The van der Waals surface area contributed by atoms with Gasteiger partial charge in [-0.1, -0.05) is 12.1 Å². The number of nitrogens with zero attached hydrogens (tertiary/aromatic N) is 2. The molecule has 1 amide bonds. The second kappa shape index (κ2) is 5.94. The Labute approximate surface area is 134 Å². The summed E-state index contributed by atoms with van der Waals surface area (Å²) < 4.78 is 12.9. The Morgan fingerprint density at radius 1 is 1.48 bits per heavy atom. The average molecular weight is 315 g/mol. The van der Waals surface area contributed by atoms with Crippen LogP contribution in [0.25, 0.3) is 11.0 Å². The van der Waals surface area contributed by atoms with Crippen molar-refractivity contribution in [3.8, 4) is 0 Å². The smallest absolute Gasteiger partial charge is 0.240 e. The number of methoxy groups -OCH3 is 1. The van der Waals surface area contributed by atoms with Crippen LogP contribution in [0.1, 0.15) is 6.42 Å². The molecule has 2 fully saturated rings. The molecule has 1 aromatic heterocycles. The molecule has 4 atom stereocenters. The minimum Gasteiger partial charge on any atom is -0.384 e. The van der Waals surface area contributed by atoms with Crippen LogP contribution >= 0.6 is 0 Å². The maximum atomic E-state index is 12.5. The van der Waals surface area contributed by atoms with E-state index in [-0.39, 0.29) is 30.5 Å². The number of hydrogen-bond donors (Lipinski definition) is 1. The standard InChI is InChI=1S/C17H21N3O3/c1-22-9-12-16(11-6-7-23-17(11)12)19-15(21)8-20-10-18-13-4-2-3-5-14(13)20/h2-5,10-12,16-17H,6-9H2,1H3,(H,19,21)/t11-,12+,16+,17-/m1/s1. The highest BCUT2D eigenvalue weighted by molar-refractivity contribution is 5.80. The summed E-state index contributed by atoms with van der Waals surface area (Å²) in [4.78, 5) is 16.8. The fraction of sp³-hybridized carbons (Fsp3) is 0.529. The third-order valence-corrected chi connectivity index (χ3v) is 5.06. The highest BCUT2D eigenvalue weighted by Gasteiger charge is 2.54. The van der Waals surface area contributed by atoms with Crippen molar-refractivity contribution in [3.63, 3.8) is 0 Å². The van der Waals surface area contributed by atoms with Crippen molar-refractivity contribution < 1.29 is 14.3 Å². The summed E-state index contributed by atoms with van der Waals surface area (Å²) in [5.41, 5.74) is 1.89. The van der Waals surface area contributed by atoms with Crippen LogP contribution < -0.4 is 5.32 Å². The van der Waals surface area contributed by atoms with E-state index in [1.54, 1.807) is 13.4 Å². The number of hydrogen-bond acceptors (Lipinski definition) is 4. The number of imidazole rings is 1. The minimum absolute atomic E-state index is 0.0182. The number of aromatic nitrogens is 2. The van der Waals surface area contributed by atoms with Gasteiger partial charge in [-0.3, -0.25) is 4.79 Å². The monoisotopic (exact) mass is 315 g/mol. The van der Waals surface area contributed by atoms with Gasteiger partial charge in [0.2, 0.25) is 5.91 Å². The molecule has 2 aliphatic rings. The fourth-order valence-electron chi connectivity index (χ4n) is 3.96. The summed E-state index contributed by atoms with van der Waals surface area (Å²) in [5.74, 6) is 0.708. The summed E-state index contributed by atoms with van der Waals surface area (Å²) in [6.07, 6.45) is 2.98. The van der Waals surface area contributed by atoms with Crippen LogP contribution in [0.15, 0.2) is 30.6 Å². The lowest BCUT2D eigenvalue weighted by Crippen LogP contribution is -2.63. The highest BCUT2D eigenvalue weighted by Crippen LogP contribution is 2.43. The molecule has 1 saturated heterocycles. The molecule has 1 aromatic carbocycles. The number of amides is 1. The predicted molar refractivity (Wildman–Crippen MR) is 84.9 cm³/mol. The van der Waals surface area contributed by atoms with Crippen molar-refractivity contribution in [2.75, 3.05) is 20.3 Å². The first-order valence-corrected chi connectivity index (χ1v) is 8.07. The lowest BCUT2D eigenvalue weighted by atomic mass is 9.67. The Balaban J connectivity index is 1.43. The topological polar surface area (TPSA) is 65.4 Å². The molecule has 1 N–H and O–H groups in total. The lowest BCUT2D eigenvalue weighted by molar-refractivity contribution is -0.130. The number of carbonyl (C=O) groups is 1. The Morgan fingerprint density at radius 2 is 2.35 bits per heavy atom. The highest BCUT2D eigenvalue weighted by atomic mass is 16.5. The maximum absolute atomic E-state index is 12.5. The van der Waals surface area contributed by atoms with Crippen molar-refractivity contribution in [1.29, 1.82) is 0 Å². The van der Waals surface area contributed by atoms with Gasteiger partial charge in [0, 0.05) is 31.6 Å². The van der Waals surface area contributed by atoms with E-state index >= 15 is 0 Å². The average Bonchev–Trinajstić information content (AvgIpc) is 3.16. The van der Waals surface area contributed by atoms with E-state index in [1.165, 1.54) is 0 Å². The van der Waals surface area contributed by atoms with Gasteiger partial charge in [0.05, 0.1) is 30.1 Å². The van der Waals surface area contributed by atoms with E-state index in [1.807, 2.05) is 28.8 Å². The van der Waals surface area contributed by atoms with Crippen LogP contribution in [0.4, 0.5) is 0 Å². The third-order valence-electron chi connectivity index (χ3n) is 5.06. The number of benzene rings is 1. The number of fused-ring (bicyclic) bond motifs is 2. The molecule has 122 valence electrons. The van der Waals surface area contributed by atoms with Crippen LogP contribution in [0.3, 0.4) is 0 Å². The van der Waals surface area contributed by atoms with Gasteiger partial charge in [-0.25, -0.2) is 4.98 Å². The van der Waals surface area contributed by atoms with Gasteiger partial charge in [0.25, 0.3) is 0 Å². The Bertz CT molecular complexity index is 714. The summed E-state index contributed by atoms with van der Waals surface area (Å²) in [6, 6.07) is 7.99. The zero-order valence-electron chi connectivity index (χ0n) is 13.1. The number of rotatable bonds is 5. The molecule has 6 heteroatoms. The first-order chi connectivity index (χ1) is 11.3. The normalized spacial score (nSPS) is 29.3. The predicted octanol–water partition coefficient (Wildman–Crippen LogP) is 1.20. The number of para-hydroxylation sites is 2.